The second kappa shape index (κ2) is 9.16. The van der Waals surface area contributed by atoms with Crippen molar-refractivity contribution in [2.75, 3.05) is 10.8 Å². The SMILES string of the molecule is CC(C)(C)CC(C)(C)NC(=O)CN(c1cccc(Cl)c1)S(=O)(=O)c1ccc(Cl)cc1. The third-order valence-electron chi connectivity index (χ3n) is 4.24. The van der Waals surface area contributed by atoms with Crippen molar-refractivity contribution >= 4 is 44.8 Å². The highest BCUT2D eigenvalue weighted by atomic mass is 35.5. The van der Waals surface area contributed by atoms with E-state index in [0.29, 0.717) is 15.7 Å². The van der Waals surface area contributed by atoms with E-state index in [4.69, 9.17) is 23.2 Å². The van der Waals surface area contributed by atoms with Gasteiger partial charge in [-0.2, -0.15) is 0 Å². The first-order chi connectivity index (χ1) is 13.7. The molecule has 0 heterocycles. The van der Waals surface area contributed by atoms with Gasteiger partial charge in [0.2, 0.25) is 5.91 Å². The van der Waals surface area contributed by atoms with Crippen LogP contribution in [0.25, 0.3) is 0 Å². The molecule has 30 heavy (non-hydrogen) atoms. The molecule has 2 aromatic carbocycles. The average molecular weight is 471 g/mol. The Balaban J connectivity index is 2.38. The second-order valence-corrected chi connectivity index (χ2v) is 11.9. The van der Waals surface area contributed by atoms with Crippen molar-refractivity contribution in [1.29, 1.82) is 0 Å². The molecule has 0 bridgehead atoms. The molecule has 0 aliphatic rings. The van der Waals surface area contributed by atoms with Gasteiger partial charge in [-0.1, -0.05) is 50.0 Å². The molecule has 2 aromatic rings. The fraction of sp³-hybridized carbons (Fsp3) is 0.409. The number of nitrogens with zero attached hydrogens (tertiary/aromatic N) is 1. The molecule has 0 saturated heterocycles. The molecule has 0 aliphatic heterocycles. The van der Waals surface area contributed by atoms with Crippen LogP contribution in [-0.2, 0) is 14.8 Å². The number of hydrogen-bond donors (Lipinski definition) is 1. The van der Waals surface area contributed by atoms with Gasteiger partial charge in [0.05, 0.1) is 10.6 Å². The van der Waals surface area contributed by atoms with Gasteiger partial charge in [0.15, 0.2) is 0 Å². The first-order valence-corrected chi connectivity index (χ1v) is 11.7. The van der Waals surface area contributed by atoms with Crippen LogP contribution in [0.1, 0.15) is 41.0 Å². The predicted molar refractivity (Wildman–Crippen MR) is 124 cm³/mol. The van der Waals surface area contributed by atoms with Gasteiger partial charge in [0.25, 0.3) is 10.0 Å². The zero-order valence-electron chi connectivity index (χ0n) is 17.9. The smallest absolute Gasteiger partial charge is 0.264 e. The summed E-state index contributed by atoms with van der Waals surface area (Å²) in [5, 5.41) is 3.75. The first kappa shape index (κ1) is 24.5. The van der Waals surface area contributed by atoms with E-state index in [1.165, 1.54) is 30.3 Å². The van der Waals surface area contributed by atoms with E-state index in [2.05, 4.69) is 26.1 Å². The molecule has 5 nitrogen and oxygen atoms in total. The van der Waals surface area contributed by atoms with Gasteiger partial charge in [-0.05, 0) is 68.1 Å². The maximum atomic E-state index is 13.3. The zero-order chi connectivity index (χ0) is 22.7. The summed E-state index contributed by atoms with van der Waals surface area (Å²) in [6.07, 6.45) is 0.729. The molecular formula is C22H28Cl2N2O3S. The summed E-state index contributed by atoms with van der Waals surface area (Å²) in [6, 6.07) is 12.2. The third kappa shape index (κ3) is 6.89. The molecule has 0 aliphatic carbocycles. The van der Waals surface area contributed by atoms with Gasteiger partial charge in [-0.25, -0.2) is 8.42 Å². The Kier molecular flexibility index (Phi) is 7.49. The monoisotopic (exact) mass is 470 g/mol. The van der Waals surface area contributed by atoms with Crippen LogP contribution in [0.3, 0.4) is 0 Å². The van der Waals surface area contributed by atoms with Gasteiger partial charge in [-0.3, -0.25) is 9.10 Å². The highest BCUT2D eigenvalue weighted by Gasteiger charge is 2.31. The highest BCUT2D eigenvalue weighted by Crippen LogP contribution is 2.28. The lowest BCUT2D eigenvalue weighted by Gasteiger charge is -2.34. The van der Waals surface area contributed by atoms with E-state index in [-0.39, 0.29) is 16.9 Å². The maximum Gasteiger partial charge on any atom is 0.264 e. The van der Waals surface area contributed by atoms with Crippen molar-refractivity contribution in [2.45, 2.75) is 51.5 Å². The molecule has 1 amide bonds. The van der Waals surface area contributed by atoms with Crippen LogP contribution in [0.5, 0.6) is 0 Å². The minimum absolute atomic E-state index is 0.00118. The number of halogens is 2. The van der Waals surface area contributed by atoms with Crippen LogP contribution < -0.4 is 9.62 Å². The Labute approximate surface area is 189 Å². The minimum Gasteiger partial charge on any atom is -0.350 e. The van der Waals surface area contributed by atoms with E-state index in [1.54, 1.807) is 18.2 Å². The minimum atomic E-state index is -4.02. The number of nitrogens with one attached hydrogen (secondary N) is 1. The summed E-state index contributed by atoms with van der Waals surface area (Å²) in [7, 11) is -4.02. The highest BCUT2D eigenvalue weighted by molar-refractivity contribution is 7.92. The molecule has 0 atom stereocenters. The Hall–Kier alpha value is -1.76. The lowest BCUT2D eigenvalue weighted by molar-refractivity contribution is -0.121. The van der Waals surface area contributed by atoms with Crippen LogP contribution in [0.15, 0.2) is 53.4 Å². The Morgan fingerprint density at radius 1 is 0.967 bits per heavy atom. The molecule has 1 N–H and O–H groups in total. The molecule has 0 fully saturated rings. The van der Waals surface area contributed by atoms with Crippen molar-refractivity contribution in [3.63, 3.8) is 0 Å². The third-order valence-corrected chi connectivity index (χ3v) is 6.51. The number of carbonyl (C=O) groups is 1. The fourth-order valence-corrected chi connectivity index (χ4v) is 5.32. The molecule has 0 aromatic heterocycles. The van der Waals surface area contributed by atoms with Crippen LogP contribution >= 0.6 is 23.2 Å². The van der Waals surface area contributed by atoms with Gasteiger partial charge in [-0.15, -0.1) is 0 Å². The molecule has 164 valence electrons. The predicted octanol–water partition coefficient (Wildman–Crippen LogP) is 5.52. The van der Waals surface area contributed by atoms with Crippen LogP contribution in [-0.4, -0.2) is 26.4 Å². The Bertz CT molecular complexity index is 998. The molecule has 8 heteroatoms. The van der Waals surface area contributed by atoms with Crippen LogP contribution in [0.4, 0.5) is 5.69 Å². The summed E-state index contributed by atoms with van der Waals surface area (Å²) in [6.45, 7) is 9.73. The largest absolute Gasteiger partial charge is 0.350 e. The van der Waals surface area contributed by atoms with E-state index >= 15 is 0 Å². The maximum absolute atomic E-state index is 13.3. The van der Waals surface area contributed by atoms with E-state index < -0.39 is 21.5 Å². The summed E-state index contributed by atoms with van der Waals surface area (Å²) in [5.74, 6) is -0.401. The van der Waals surface area contributed by atoms with Crippen molar-refractivity contribution in [3.05, 3.63) is 58.6 Å². The number of carbonyl (C=O) groups excluding carboxylic acids is 1. The van der Waals surface area contributed by atoms with E-state index in [1.807, 2.05) is 13.8 Å². The number of rotatable bonds is 7. The summed E-state index contributed by atoms with van der Waals surface area (Å²) >= 11 is 12.0. The van der Waals surface area contributed by atoms with Crippen LogP contribution in [0.2, 0.25) is 10.0 Å². The first-order valence-electron chi connectivity index (χ1n) is 9.55. The number of benzene rings is 2. The van der Waals surface area contributed by atoms with Crippen molar-refractivity contribution in [3.8, 4) is 0 Å². The zero-order valence-corrected chi connectivity index (χ0v) is 20.2. The number of hydrogen-bond acceptors (Lipinski definition) is 3. The van der Waals surface area contributed by atoms with Gasteiger partial charge in [0.1, 0.15) is 6.54 Å². The Morgan fingerprint density at radius 3 is 2.10 bits per heavy atom. The topological polar surface area (TPSA) is 66.5 Å². The summed E-state index contributed by atoms with van der Waals surface area (Å²) < 4.78 is 27.8. The van der Waals surface area contributed by atoms with Gasteiger partial charge < -0.3 is 5.32 Å². The Morgan fingerprint density at radius 2 is 1.57 bits per heavy atom. The summed E-state index contributed by atoms with van der Waals surface area (Å²) in [4.78, 5) is 12.9. The molecule has 2 rings (SSSR count). The van der Waals surface area contributed by atoms with Crippen molar-refractivity contribution in [1.82, 2.24) is 5.32 Å². The lowest BCUT2D eigenvalue weighted by Crippen LogP contribution is -2.50. The second-order valence-electron chi connectivity index (χ2n) is 9.11. The quantitative estimate of drug-likeness (QED) is 0.578. The molecule has 0 saturated carbocycles. The van der Waals surface area contributed by atoms with Gasteiger partial charge in [0, 0.05) is 15.6 Å². The summed E-state index contributed by atoms with van der Waals surface area (Å²) in [5.41, 5.74) is -0.195. The number of sulfonamides is 1. The van der Waals surface area contributed by atoms with Crippen molar-refractivity contribution < 1.29 is 13.2 Å². The van der Waals surface area contributed by atoms with Crippen LogP contribution in [0, 0.1) is 5.41 Å². The van der Waals surface area contributed by atoms with Gasteiger partial charge >= 0.3 is 0 Å². The molecular weight excluding hydrogens is 443 g/mol. The molecule has 0 spiro atoms. The normalized spacial score (nSPS) is 12.5. The molecule has 0 radical (unpaired) electrons. The fourth-order valence-electron chi connectivity index (χ4n) is 3.60. The van der Waals surface area contributed by atoms with E-state index in [9.17, 15) is 13.2 Å². The lowest BCUT2D eigenvalue weighted by atomic mass is 9.82. The number of amides is 1. The van der Waals surface area contributed by atoms with E-state index in [0.717, 1.165) is 10.7 Å². The number of anilines is 1. The average Bonchev–Trinajstić information content (AvgIpc) is 2.57. The molecule has 0 unspecified atom stereocenters. The standard InChI is InChI=1S/C22H28Cl2N2O3S/c1-21(2,3)15-22(4,5)25-20(27)14-26(18-8-6-7-17(24)13-18)30(28,29)19-11-9-16(23)10-12-19/h6-13H,14-15H2,1-5H3,(H,25,27). The van der Waals surface area contributed by atoms with Crippen molar-refractivity contribution in [2.24, 2.45) is 5.41 Å².